The van der Waals surface area contributed by atoms with Gasteiger partial charge in [0, 0.05) is 49.9 Å². The normalized spacial score (nSPS) is 23.8. The Labute approximate surface area is 167 Å². The topological polar surface area (TPSA) is 35.9 Å². The van der Waals surface area contributed by atoms with E-state index < -0.39 is 0 Å². The van der Waals surface area contributed by atoms with Gasteiger partial charge in [-0.3, -0.25) is 9.80 Å². The van der Waals surface area contributed by atoms with Crippen molar-refractivity contribution in [1.29, 1.82) is 0 Å². The number of aliphatic hydroxyl groups is 1. The van der Waals surface area contributed by atoms with Crippen molar-refractivity contribution < 1.29 is 9.84 Å². The molecule has 2 fully saturated rings. The first-order chi connectivity index (χ1) is 13.8. The van der Waals surface area contributed by atoms with Gasteiger partial charge in [0.1, 0.15) is 0 Å². The number of benzene rings is 2. The van der Waals surface area contributed by atoms with Crippen LogP contribution in [0.25, 0.3) is 0 Å². The monoisotopic (exact) mass is 376 g/mol. The Morgan fingerprint density at radius 3 is 2.46 bits per heavy atom. The molecule has 146 valence electrons. The molecule has 0 saturated carbocycles. The first-order valence-corrected chi connectivity index (χ1v) is 10.2. The maximum absolute atomic E-state index is 10.7. The van der Waals surface area contributed by atoms with Gasteiger partial charge in [-0.1, -0.05) is 48.2 Å². The molecule has 2 aliphatic heterocycles. The average molecular weight is 377 g/mol. The first kappa shape index (κ1) is 19.2. The smallest absolute Gasteiger partial charge is 0.0822 e. The third-order valence-corrected chi connectivity index (χ3v) is 5.67. The second-order valence-electron chi connectivity index (χ2n) is 7.58. The van der Waals surface area contributed by atoms with Crippen LogP contribution in [-0.4, -0.2) is 66.4 Å². The summed E-state index contributed by atoms with van der Waals surface area (Å²) in [6.45, 7) is 5.95. The maximum atomic E-state index is 10.7. The van der Waals surface area contributed by atoms with Crippen LogP contribution in [0.4, 0.5) is 0 Å². The highest BCUT2D eigenvalue weighted by molar-refractivity contribution is 5.46. The van der Waals surface area contributed by atoms with E-state index in [0.717, 1.165) is 56.9 Å². The second kappa shape index (κ2) is 9.36. The van der Waals surface area contributed by atoms with E-state index in [1.165, 1.54) is 5.56 Å². The molecule has 4 rings (SSSR count). The summed E-state index contributed by atoms with van der Waals surface area (Å²) in [6, 6.07) is 18.7. The number of hydrogen-bond acceptors (Lipinski definition) is 4. The molecular weight excluding hydrogens is 348 g/mol. The van der Waals surface area contributed by atoms with Crippen molar-refractivity contribution in [2.24, 2.45) is 0 Å². The van der Waals surface area contributed by atoms with Gasteiger partial charge in [-0.05, 0) is 30.2 Å². The van der Waals surface area contributed by atoms with Crippen LogP contribution >= 0.6 is 0 Å². The lowest BCUT2D eigenvalue weighted by atomic mass is 9.98. The predicted molar refractivity (Wildman–Crippen MR) is 111 cm³/mol. The van der Waals surface area contributed by atoms with Crippen molar-refractivity contribution in [3.63, 3.8) is 0 Å². The van der Waals surface area contributed by atoms with Gasteiger partial charge < -0.3 is 9.84 Å². The summed E-state index contributed by atoms with van der Waals surface area (Å²) >= 11 is 0. The van der Waals surface area contributed by atoms with Gasteiger partial charge in [-0.15, -0.1) is 0 Å². The lowest BCUT2D eigenvalue weighted by Crippen LogP contribution is -2.56. The molecule has 4 heteroatoms. The van der Waals surface area contributed by atoms with Crippen LogP contribution in [-0.2, 0) is 11.3 Å². The van der Waals surface area contributed by atoms with E-state index in [0.29, 0.717) is 6.54 Å². The number of nitrogens with zero attached hydrogens (tertiary/aromatic N) is 2. The van der Waals surface area contributed by atoms with E-state index in [4.69, 9.17) is 4.74 Å². The van der Waals surface area contributed by atoms with Crippen LogP contribution in [0.1, 0.15) is 23.1 Å². The van der Waals surface area contributed by atoms with E-state index in [2.05, 4.69) is 39.8 Å². The van der Waals surface area contributed by atoms with Crippen LogP contribution in [0.15, 0.2) is 54.6 Å². The molecule has 2 heterocycles. The molecule has 0 radical (unpaired) electrons. The number of β-amino-alcohol motifs (C(OH)–C–C–N with tert-alkyl or cyclic N) is 1. The number of rotatable bonds is 3. The Morgan fingerprint density at radius 1 is 0.929 bits per heavy atom. The molecule has 0 amide bonds. The SMILES string of the molecule is O[C@H]1CN(Cc2ccccc2C#Cc2ccccc2)CC[C@@H]1N1CCOCC1. The summed E-state index contributed by atoms with van der Waals surface area (Å²) in [4.78, 5) is 4.75. The maximum Gasteiger partial charge on any atom is 0.0822 e. The van der Waals surface area contributed by atoms with Crippen LogP contribution in [0.5, 0.6) is 0 Å². The number of aliphatic hydroxyl groups excluding tert-OH is 1. The number of hydrogen-bond donors (Lipinski definition) is 1. The zero-order valence-electron chi connectivity index (χ0n) is 16.3. The molecule has 1 N–H and O–H groups in total. The molecule has 0 bridgehead atoms. The molecular formula is C24H28N2O2. The van der Waals surface area contributed by atoms with Crippen molar-refractivity contribution in [2.75, 3.05) is 39.4 Å². The summed E-state index contributed by atoms with van der Waals surface area (Å²) in [5, 5.41) is 10.7. The van der Waals surface area contributed by atoms with Crippen LogP contribution in [0, 0.1) is 11.8 Å². The zero-order valence-corrected chi connectivity index (χ0v) is 16.3. The fourth-order valence-electron chi connectivity index (χ4n) is 4.15. The predicted octanol–water partition coefficient (Wildman–Crippen LogP) is 2.35. The number of morpholine rings is 1. The van der Waals surface area contributed by atoms with Gasteiger partial charge in [0.2, 0.25) is 0 Å². The molecule has 2 aromatic rings. The quantitative estimate of drug-likeness (QED) is 0.835. The zero-order chi connectivity index (χ0) is 19.2. The van der Waals surface area contributed by atoms with E-state index in [-0.39, 0.29) is 12.1 Å². The highest BCUT2D eigenvalue weighted by atomic mass is 16.5. The van der Waals surface area contributed by atoms with Crippen LogP contribution < -0.4 is 0 Å². The molecule has 2 aliphatic rings. The minimum atomic E-state index is -0.311. The van der Waals surface area contributed by atoms with E-state index in [1.807, 2.05) is 36.4 Å². The van der Waals surface area contributed by atoms with Crippen molar-refractivity contribution in [3.05, 3.63) is 71.3 Å². The fraction of sp³-hybridized carbons (Fsp3) is 0.417. The van der Waals surface area contributed by atoms with Gasteiger partial charge >= 0.3 is 0 Å². The molecule has 2 atom stereocenters. The number of ether oxygens (including phenoxy) is 1. The minimum absolute atomic E-state index is 0.258. The Morgan fingerprint density at radius 2 is 1.68 bits per heavy atom. The van der Waals surface area contributed by atoms with E-state index in [9.17, 15) is 5.11 Å². The molecule has 2 aromatic carbocycles. The van der Waals surface area contributed by atoms with E-state index in [1.54, 1.807) is 0 Å². The number of piperidine rings is 1. The molecule has 0 aliphatic carbocycles. The number of likely N-dealkylation sites (tertiary alicyclic amines) is 1. The third-order valence-electron chi connectivity index (χ3n) is 5.67. The second-order valence-corrected chi connectivity index (χ2v) is 7.58. The molecule has 0 aromatic heterocycles. The summed E-state index contributed by atoms with van der Waals surface area (Å²) in [6.07, 6.45) is 0.688. The lowest BCUT2D eigenvalue weighted by Gasteiger charge is -2.43. The Bertz CT molecular complexity index is 821. The summed E-state index contributed by atoms with van der Waals surface area (Å²) in [7, 11) is 0. The Balaban J connectivity index is 1.41. The van der Waals surface area contributed by atoms with Crippen molar-refractivity contribution >= 4 is 0 Å². The van der Waals surface area contributed by atoms with Crippen molar-refractivity contribution in [1.82, 2.24) is 9.80 Å². The summed E-state index contributed by atoms with van der Waals surface area (Å²) < 4.78 is 5.45. The highest BCUT2D eigenvalue weighted by Gasteiger charge is 2.32. The Hall–Kier alpha value is -2.16. The largest absolute Gasteiger partial charge is 0.390 e. The van der Waals surface area contributed by atoms with Crippen LogP contribution in [0.2, 0.25) is 0 Å². The fourth-order valence-corrected chi connectivity index (χ4v) is 4.15. The molecule has 0 unspecified atom stereocenters. The minimum Gasteiger partial charge on any atom is -0.390 e. The molecule has 0 spiro atoms. The molecule has 28 heavy (non-hydrogen) atoms. The highest BCUT2D eigenvalue weighted by Crippen LogP contribution is 2.21. The van der Waals surface area contributed by atoms with Gasteiger partial charge in [0.05, 0.1) is 19.3 Å². The van der Waals surface area contributed by atoms with E-state index >= 15 is 0 Å². The average Bonchev–Trinajstić information content (AvgIpc) is 2.75. The lowest BCUT2D eigenvalue weighted by molar-refractivity contribution is -0.0534. The van der Waals surface area contributed by atoms with Gasteiger partial charge in [0.25, 0.3) is 0 Å². The molecule has 4 nitrogen and oxygen atoms in total. The van der Waals surface area contributed by atoms with Crippen molar-refractivity contribution in [2.45, 2.75) is 25.1 Å². The van der Waals surface area contributed by atoms with Crippen LogP contribution in [0.3, 0.4) is 0 Å². The van der Waals surface area contributed by atoms with Gasteiger partial charge in [-0.2, -0.15) is 0 Å². The summed E-state index contributed by atoms with van der Waals surface area (Å²) in [5.74, 6) is 6.59. The first-order valence-electron chi connectivity index (χ1n) is 10.2. The van der Waals surface area contributed by atoms with Gasteiger partial charge in [0.15, 0.2) is 0 Å². The standard InChI is InChI=1S/C24H28N2O2/c27-24-19-25(13-12-23(24)26-14-16-28-17-15-26)18-22-9-5-4-8-21(22)11-10-20-6-2-1-3-7-20/h1-9,23-24,27H,12-19H2/t23-,24-/m0/s1. The molecule has 2 saturated heterocycles. The van der Waals surface area contributed by atoms with Crippen molar-refractivity contribution in [3.8, 4) is 11.8 Å². The third kappa shape index (κ3) is 4.81. The Kier molecular flexibility index (Phi) is 6.41. The summed E-state index contributed by atoms with van der Waals surface area (Å²) in [5.41, 5.74) is 3.32. The van der Waals surface area contributed by atoms with Gasteiger partial charge in [-0.25, -0.2) is 0 Å².